The van der Waals surface area contributed by atoms with Gasteiger partial charge >= 0.3 is 0 Å². The molecular formula is C14H22ClN3O5S. The summed E-state index contributed by atoms with van der Waals surface area (Å²) in [7, 11) is -2.46. The van der Waals surface area contributed by atoms with Gasteiger partial charge in [-0.15, -0.1) is 12.4 Å². The highest BCUT2D eigenvalue weighted by Gasteiger charge is 2.32. The average Bonchev–Trinajstić information content (AvgIpc) is 2.54. The fraction of sp³-hybridized carbons (Fsp3) is 0.571. The number of hydrogen-bond donors (Lipinski definition) is 1. The van der Waals surface area contributed by atoms with Crippen molar-refractivity contribution in [3.63, 3.8) is 0 Å². The van der Waals surface area contributed by atoms with Gasteiger partial charge in [-0.05, 0) is 37.8 Å². The Morgan fingerprint density at radius 3 is 2.75 bits per heavy atom. The molecule has 0 bridgehead atoms. The predicted octanol–water partition coefficient (Wildman–Crippen LogP) is 1.77. The molecule has 0 spiro atoms. The first-order valence-electron chi connectivity index (χ1n) is 7.42. The standard InChI is InChI=1S/C14H21N3O5S.ClH/c1-22-13-9-12(17(18)19)4-5-14(13)23(20,21)16-8-2-3-11(10-16)6-7-15;/h4-5,9,11H,2-3,6-8,10,15H2,1H3;1H. The second kappa shape index (κ2) is 8.61. The van der Waals surface area contributed by atoms with E-state index in [9.17, 15) is 18.5 Å². The highest BCUT2D eigenvalue weighted by Crippen LogP contribution is 2.32. The summed E-state index contributed by atoms with van der Waals surface area (Å²) in [5.41, 5.74) is 5.36. The van der Waals surface area contributed by atoms with E-state index in [0.29, 0.717) is 19.6 Å². The number of nitro groups is 1. The maximum Gasteiger partial charge on any atom is 0.273 e. The number of rotatable bonds is 6. The van der Waals surface area contributed by atoms with Crippen molar-refractivity contribution >= 4 is 28.1 Å². The van der Waals surface area contributed by atoms with Gasteiger partial charge in [0.25, 0.3) is 5.69 Å². The van der Waals surface area contributed by atoms with Crippen molar-refractivity contribution in [2.45, 2.75) is 24.2 Å². The van der Waals surface area contributed by atoms with E-state index >= 15 is 0 Å². The molecule has 1 saturated heterocycles. The highest BCUT2D eigenvalue weighted by molar-refractivity contribution is 7.89. The maximum absolute atomic E-state index is 12.8. The molecule has 1 fully saturated rings. The van der Waals surface area contributed by atoms with Crippen LogP contribution in [0.1, 0.15) is 19.3 Å². The fourth-order valence-electron chi connectivity index (χ4n) is 2.84. The topological polar surface area (TPSA) is 116 Å². The van der Waals surface area contributed by atoms with E-state index in [1.54, 1.807) is 0 Å². The first kappa shape index (κ1) is 20.6. The second-order valence-corrected chi connectivity index (χ2v) is 7.45. The molecule has 1 heterocycles. The van der Waals surface area contributed by atoms with E-state index in [0.717, 1.165) is 25.3 Å². The molecule has 1 aliphatic rings. The molecule has 0 amide bonds. The fourth-order valence-corrected chi connectivity index (χ4v) is 4.53. The van der Waals surface area contributed by atoms with Gasteiger partial charge in [0.05, 0.1) is 18.1 Å². The molecule has 1 aromatic rings. The van der Waals surface area contributed by atoms with E-state index in [-0.39, 0.29) is 34.7 Å². The van der Waals surface area contributed by atoms with Crippen LogP contribution in [0.5, 0.6) is 5.75 Å². The van der Waals surface area contributed by atoms with Crippen LogP contribution in [0, 0.1) is 16.0 Å². The molecule has 24 heavy (non-hydrogen) atoms. The van der Waals surface area contributed by atoms with Crippen molar-refractivity contribution in [1.29, 1.82) is 0 Å². The molecule has 1 atom stereocenters. The number of benzene rings is 1. The van der Waals surface area contributed by atoms with Crippen LogP contribution in [0.4, 0.5) is 5.69 Å². The summed E-state index contributed by atoms with van der Waals surface area (Å²) in [4.78, 5) is 10.2. The number of nitrogens with zero attached hydrogens (tertiary/aromatic N) is 2. The molecule has 2 rings (SSSR count). The van der Waals surface area contributed by atoms with Crippen molar-refractivity contribution in [3.05, 3.63) is 28.3 Å². The van der Waals surface area contributed by atoms with Crippen LogP contribution in [-0.2, 0) is 10.0 Å². The molecule has 1 unspecified atom stereocenters. The van der Waals surface area contributed by atoms with Crippen molar-refractivity contribution < 1.29 is 18.1 Å². The van der Waals surface area contributed by atoms with Crippen LogP contribution in [0.15, 0.2) is 23.1 Å². The summed E-state index contributed by atoms with van der Waals surface area (Å²) < 4.78 is 32.2. The van der Waals surface area contributed by atoms with Gasteiger partial charge in [0, 0.05) is 19.2 Å². The Morgan fingerprint density at radius 1 is 1.46 bits per heavy atom. The van der Waals surface area contributed by atoms with Gasteiger partial charge < -0.3 is 10.5 Å². The third-order valence-electron chi connectivity index (χ3n) is 4.03. The van der Waals surface area contributed by atoms with Gasteiger partial charge in [0.2, 0.25) is 10.0 Å². The molecule has 2 N–H and O–H groups in total. The molecule has 1 aliphatic heterocycles. The van der Waals surface area contributed by atoms with Gasteiger partial charge in [-0.3, -0.25) is 10.1 Å². The number of nitro benzene ring substituents is 1. The quantitative estimate of drug-likeness (QED) is 0.594. The van der Waals surface area contributed by atoms with Crippen molar-refractivity contribution in [1.82, 2.24) is 4.31 Å². The second-order valence-electron chi connectivity index (χ2n) is 5.54. The minimum Gasteiger partial charge on any atom is -0.495 e. The molecular weight excluding hydrogens is 358 g/mol. The normalized spacial score (nSPS) is 18.7. The number of halogens is 1. The van der Waals surface area contributed by atoms with E-state index in [1.165, 1.54) is 23.5 Å². The lowest BCUT2D eigenvalue weighted by atomic mass is 9.96. The lowest BCUT2D eigenvalue weighted by molar-refractivity contribution is -0.385. The largest absolute Gasteiger partial charge is 0.495 e. The summed E-state index contributed by atoms with van der Waals surface area (Å²) >= 11 is 0. The van der Waals surface area contributed by atoms with Crippen molar-refractivity contribution in [3.8, 4) is 5.75 Å². The third-order valence-corrected chi connectivity index (χ3v) is 5.94. The van der Waals surface area contributed by atoms with Gasteiger partial charge in [0.1, 0.15) is 10.6 Å². The SMILES string of the molecule is COc1cc([N+](=O)[O-])ccc1S(=O)(=O)N1CCCC(CCN)C1.Cl. The zero-order valence-electron chi connectivity index (χ0n) is 13.4. The number of piperidine rings is 1. The Kier molecular flexibility index (Phi) is 7.40. The number of nitrogens with two attached hydrogens (primary N) is 1. The number of ether oxygens (including phenoxy) is 1. The predicted molar refractivity (Wildman–Crippen MR) is 92.1 cm³/mol. The number of sulfonamides is 1. The maximum atomic E-state index is 12.8. The van der Waals surface area contributed by atoms with Gasteiger partial charge in [0.15, 0.2) is 0 Å². The van der Waals surface area contributed by atoms with Crippen LogP contribution >= 0.6 is 12.4 Å². The molecule has 10 heteroatoms. The van der Waals surface area contributed by atoms with Crippen molar-refractivity contribution in [2.75, 3.05) is 26.7 Å². The van der Waals surface area contributed by atoms with E-state index in [2.05, 4.69) is 0 Å². The molecule has 0 aromatic heterocycles. The minimum absolute atomic E-state index is 0. The van der Waals surface area contributed by atoms with Gasteiger partial charge in [-0.25, -0.2) is 8.42 Å². The third kappa shape index (κ3) is 4.35. The first-order chi connectivity index (χ1) is 10.9. The summed E-state index contributed by atoms with van der Waals surface area (Å²) in [5, 5.41) is 10.8. The van der Waals surface area contributed by atoms with E-state index in [1.807, 2.05) is 0 Å². The van der Waals surface area contributed by atoms with E-state index in [4.69, 9.17) is 10.5 Å². The van der Waals surface area contributed by atoms with Crippen LogP contribution in [0.2, 0.25) is 0 Å². The Morgan fingerprint density at radius 2 is 2.17 bits per heavy atom. The molecule has 0 saturated carbocycles. The van der Waals surface area contributed by atoms with Crippen molar-refractivity contribution in [2.24, 2.45) is 11.7 Å². The van der Waals surface area contributed by atoms with Gasteiger partial charge in [-0.2, -0.15) is 4.31 Å². The lowest BCUT2D eigenvalue weighted by Crippen LogP contribution is -2.40. The Bertz CT molecular complexity index is 681. The molecule has 0 radical (unpaired) electrons. The number of non-ortho nitro benzene ring substituents is 1. The smallest absolute Gasteiger partial charge is 0.273 e. The van der Waals surface area contributed by atoms with Crippen LogP contribution < -0.4 is 10.5 Å². The highest BCUT2D eigenvalue weighted by atomic mass is 35.5. The minimum atomic E-state index is -3.75. The average molecular weight is 380 g/mol. The van der Waals surface area contributed by atoms with E-state index < -0.39 is 14.9 Å². The Hall–Kier alpha value is -1.42. The van der Waals surface area contributed by atoms with Crippen LogP contribution in [0.3, 0.4) is 0 Å². The first-order valence-corrected chi connectivity index (χ1v) is 8.86. The summed E-state index contributed by atoms with van der Waals surface area (Å²) in [6, 6.07) is 3.55. The summed E-state index contributed by atoms with van der Waals surface area (Å²) in [6.45, 7) is 1.38. The molecule has 136 valence electrons. The monoisotopic (exact) mass is 379 g/mol. The Labute approximate surface area is 147 Å². The molecule has 0 aliphatic carbocycles. The van der Waals surface area contributed by atoms with Crippen LogP contribution in [-0.4, -0.2) is 44.4 Å². The lowest BCUT2D eigenvalue weighted by Gasteiger charge is -2.32. The van der Waals surface area contributed by atoms with Crippen LogP contribution in [0.25, 0.3) is 0 Å². The number of hydrogen-bond acceptors (Lipinski definition) is 6. The summed E-state index contributed by atoms with van der Waals surface area (Å²) in [5.74, 6) is 0.229. The number of methoxy groups -OCH3 is 1. The molecule has 1 aromatic carbocycles. The van der Waals surface area contributed by atoms with Gasteiger partial charge in [-0.1, -0.05) is 0 Å². The Balaban J connectivity index is 0.00000288. The molecule has 8 nitrogen and oxygen atoms in total. The zero-order valence-corrected chi connectivity index (χ0v) is 15.0. The zero-order chi connectivity index (χ0) is 17.0. The summed E-state index contributed by atoms with van der Waals surface area (Å²) in [6.07, 6.45) is 2.52.